The van der Waals surface area contributed by atoms with Gasteiger partial charge in [0.15, 0.2) is 5.11 Å². The standard InChI is InChI=1S/C20H21N3O2S/c24-18(14-15-8-2-1-3-9-15)22-20(26)21-17-11-5-4-10-16(17)19(25)23-12-6-7-13-23/h1-5,8-11H,6-7,12-14H2,(H2,21,22,24,26). The Morgan fingerprint density at radius 3 is 2.35 bits per heavy atom. The molecule has 0 atom stereocenters. The second kappa shape index (κ2) is 8.58. The number of amides is 2. The summed E-state index contributed by atoms with van der Waals surface area (Å²) < 4.78 is 0. The zero-order valence-corrected chi connectivity index (χ0v) is 15.2. The van der Waals surface area contributed by atoms with Crippen LogP contribution in [0.25, 0.3) is 0 Å². The molecule has 2 aromatic rings. The van der Waals surface area contributed by atoms with Gasteiger partial charge in [-0.15, -0.1) is 0 Å². The molecule has 5 nitrogen and oxygen atoms in total. The van der Waals surface area contributed by atoms with Crippen molar-refractivity contribution in [2.45, 2.75) is 19.3 Å². The predicted octanol–water partition coefficient (Wildman–Crippen LogP) is 2.98. The number of para-hydroxylation sites is 1. The highest BCUT2D eigenvalue weighted by Gasteiger charge is 2.22. The number of carbonyl (C=O) groups excluding carboxylic acids is 2. The van der Waals surface area contributed by atoms with Crippen molar-refractivity contribution in [3.63, 3.8) is 0 Å². The summed E-state index contributed by atoms with van der Waals surface area (Å²) in [6, 6.07) is 16.7. The predicted molar refractivity (Wildman–Crippen MR) is 106 cm³/mol. The average Bonchev–Trinajstić information content (AvgIpc) is 3.17. The van der Waals surface area contributed by atoms with E-state index >= 15 is 0 Å². The van der Waals surface area contributed by atoms with Crippen LogP contribution in [0.15, 0.2) is 54.6 Å². The highest BCUT2D eigenvalue weighted by molar-refractivity contribution is 7.80. The molecule has 0 aliphatic carbocycles. The molecule has 1 aliphatic rings. The van der Waals surface area contributed by atoms with Gasteiger partial charge in [0, 0.05) is 13.1 Å². The Morgan fingerprint density at radius 1 is 0.962 bits per heavy atom. The second-order valence-electron chi connectivity index (χ2n) is 6.21. The van der Waals surface area contributed by atoms with Crippen LogP contribution in [0, 0.1) is 0 Å². The number of carbonyl (C=O) groups is 2. The van der Waals surface area contributed by atoms with Gasteiger partial charge in [-0.1, -0.05) is 42.5 Å². The summed E-state index contributed by atoms with van der Waals surface area (Å²) in [5.41, 5.74) is 2.08. The quantitative estimate of drug-likeness (QED) is 0.816. The summed E-state index contributed by atoms with van der Waals surface area (Å²) in [7, 11) is 0. The van der Waals surface area contributed by atoms with Gasteiger partial charge in [0.1, 0.15) is 0 Å². The van der Waals surface area contributed by atoms with Gasteiger partial charge >= 0.3 is 0 Å². The van der Waals surface area contributed by atoms with Crippen LogP contribution in [0.4, 0.5) is 5.69 Å². The lowest BCUT2D eigenvalue weighted by atomic mass is 10.1. The lowest BCUT2D eigenvalue weighted by molar-refractivity contribution is -0.119. The van der Waals surface area contributed by atoms with E-state index in [0.29, 0.717) is 11.3 Å². The van der Waals surface area contributed by atoms with E-state index in [1.165, 1.54) is 0 Å². The molecule has 1 fully saturated rings. The van der Waals surface area contributed by atoms with Crippen molar-refractivity contribution >= 4 is 34.8 Å². The Morgan fingerprint density at radius 2 is 1.62 bits per heavy atom. The summed E-state index contributed by atoms with van der Waals surface area (Å²) in [4.78, 5) is 26.6. The third-order valence-electron chi connectivity index (χ3n) is 4.26. The number of likely N-dealkylation sites (tertiary alicyclic amines) is 1. The minimum absolute atomic E-state index is 0.0102. The van der Waals surface area contributed by atoms with Crippen molar-refractivity contribution in [2.75, 3.05) is 18.4 Å². The minimum Gasteiger partial charge on any atom is -0.339 e. The number of hydrogen-bond acceptors (Lipinski definition) is 3. The van der Waals surface area contributed by atoms with E-state index in [0.717, 1.165) is 31.5 Å². The number of hydrogen-bond donors (Lipinski definition) is 2. The highest BCUT2D eigenvalue weighted by atomic mass is 32.1. The van der Waals surface area contributed by atoms with Crippen molar-refractivity contribution in [3.05, 3.63) is 65.7 Å². The van der Waals surface area contributed by atoms with E-state index in [4.69, 9.17) is 12.2 Å². The summed E-state index contributed by atoms with van der Waals surface area (Å²) in [5.74, 6) is -0.207. The van der Waals surface area contributed by atoms with Gasteiger partial charge in [-0.25, -0.2) is 0 Å². The van der Waals surface area contributed by atoms with Gasteiger partial charge in [0.05, 0.1) is 17.7 Å². The molecule has 134 valence electrons. The molecule has 26 heavy (non-hydrogen) atoms. The Balaban J connectivity index is 1.62. The maximum Gasteiger partial charge on any atom is 0.255 e. The molecule has 1 heterocycles. The Labute approximate surface area is 158 Å². The fourth-order valence-electron chi connectivity index (χ4n) is 2.97. The molecule has 2 amide bonds. The van der Waals surface area contributed by atoms with E-state index in [2.05, 4.69) is 10.6 Å². The molecular formula is C20H21N3O2S. The Bertz CT molecular complexity index is 802. The molecule has 0 saturated carbocycles. The number of thiocarbonyl (C=S) groups is 1. The second-order valence-corrected chi connectivity index (χ2v) is 6.62. The summed E-state index contributed by atoms with van der Waals surface area (Å²) in [6.45, 7) is 1.57. The van der Waals surface area contributed by atoms with E-state index in [-0.39, 0.29) is 23.3 Å². The first kappa shape index (κ1) is 18.1. The number of nitrogens with one attached hydrogen (secondary N) is 2. The minimum atomic E-state index is -0.197. The smallest absolute Gasteiger partial charge is 0.255 e. The fraction of sp³-hybridized carbons (Fsp3) is 0.250. The molecule has 0 unspecified atom stereocenters. The zero-order valence-electron chi connectivity index (χ0n) is 14.4. The molecule has 0 bridgehead atoms. The van der Waals surface area contributed by atoms with Gasteiger partial charge in [0.25, 0.3) is 5.91 Å². The summed E-state index contributed by atoms with van der Waals surface area (Å²) in [5, 5.41) is 5.84. The van der Waals surface area contributed by atoms with Crippen LogP contribution in [0.5, 0.6) is 0 Å². The van der Waals surface area contributed by atoms with Crippen LogP contribution >= 0.6 is 12.2 Å². The fourth-order valence-corrected chi connectivity index (χ4v) is 3.20. The largest absolute Gasteiger partial charge is 0.339 e. The van der Waals surface area contributed by atoms with Crippen LogP contribution in [-0.4, -0.2) is 34.9 Å². The van der Waals surface area contributed by atoms with Gasteiger partial charge in [0.2, 0.25) is 5.91 Å². The molecule has 1 aliphatic heterocycles. The molecule has 6 heteroatoms. The lowest BCUT2D eigenvalue weighted by Crippen LogP contribution is -2.36. The Kier molecular flexibility index (Phi) is 5.96. The Hall–Kier alpha value is -2.73. The number of rotatable bonds is 4. The van der Waals surface area contributed by atoms with Gasteiger partial charge in [-0.05, 0) is 42.8 Å². The SMILES string of the molecule is O=C(Cc1ccccc1)NC(=S)Nc1ccccc1C(=O)N1CCCC1. The molecule has 0 spiro atoms. The van der Waals surface area contributed by atoms with E-state index in [1.807, 2.05) is 47.4 Å². The average molecular weight is 367 g/mol. The lowest BCUT2D eigenvalue weighted by Gasteiger charge is -2.18. The number of benzene rings is 2. The third-order valence-corrected chi connectivity index (χ3v) is 4.46. The summed E-state index contributed by atoms with van der Waals surface area (Å²) in [6.07, 6.45) is 2.32. The maximum absolute atomic E-state index is 12.7. The van der Waals surface area contributed by atoms with E-state index in [9.17, 15) is 9.59 Å². The van der Waals surface area contributed by atoms with Gasteiger partial charge in [-0.3, -0.25) is 9.59 Å². The van der Waals surface area contributed by atoms with Crippen LogP contribution in [-0.2, 0) is 11.2 Å². The van der Waals surface area contributed by atoms with Crippen molar-refractivity contribution in [3.8, 4) is 0 Å². The van der Waals surface area contributed by atoms with Gasteiger partial charge < -0.3 is 15.5 Å². The van der Waals surface area contributed by atoms with Crippen molar-refractivity contribution in [1.29, 1.82) is 0 Å². The molecule has 1 saturated heterocycles. The first-order valence-electron chi connectivity index (χ1n) is 8.66. The first-order valence-corrected chi connectivity index (χ1v) is 9.07. The maximum atomic E-state index is 12.7. The van der Waals surface area contributed by atoms with Crippen LogP contribution in [0.2, 0.25) is 0 Å². The number of anilines is 1. The molecule has 0 aromatic heterocycles. The van der Waals surface area contributed by atoms with Crippen LogP contribution < -0.4 is 10.6 Å². The number of nitrogens with zero attached hydrogens (tertiary/aromatic N) is 1. The first-order chi connectivity index (χ1) is 12.6. The molecule has 2 aromatic carbocycles. The normalized spacial score (nSPS) is 13.3. The third kappa shape index (κ3) is 4.67. The molecular weight excluding hydrogens is 346 g/mol. The van der Waals surface area contributed by atoms with Crippen molar-refractivity contribution in [2.24, 2.45) is 0 Å². The molecule has 2 N–H and O–H groups in total. The highest BCUT2D eigenvalue weighted by Crippen LogP contribution is 2.20. The van der Waals surface area contributed by atoms with Crippen molar-refractivity contribution in [1.82, 2.24) is 10.2 Å². The zero-order chi connectivity index (χ0) is 18.4. The molecule has 3 rings (SSSR count). The molecule has 0 radical (unpaired) electrons. The van der Waals surface area contributed by atoms with Gasteiger partial charge in [-0.2, -0.15) is 0 Å². The van der Waals surface area contributed by atoms with Crippen molar-refractivity contribution < 1.29 is 9.59 Å². The van der Waals surface area contributed by atoms with Crippen LogP contribution in [0.3, 0.4) is 0 Å². The monoisotopic (exact) mass is 367 g/mol. The van der Waals surface area contributed by atoms with E-state index < -0.39 is 0 Å². The van der Waals surface area contributed by atoms with E-state index in [1.54, 1.807) is 12.1 Å². The summed E-state index contributed by atoms with van der Waals surface area (Å²) >= 11 is 5.24. The topological polar surface area (TPSA) is 61.4 Å². The van der Waals surface area contributed by atoms with Crippen LogP contribution in [0.1, 0.15) is 28.8 Å².